The van der Waals surface area contributed by atoms with E-state index in [1.165, 1.54) is 36.5 Å². The average Bonchev–Trinajstić information content (AvgIpc) is 2.74. The molecule has 4 aromatic rings. The number of nitrogens with zero attached hydrogens (tertiary/aromatic N) is 2. The van der Waals surface area contributed by atoms with Crippen LogP contribution < -0.4 is 10.9 Å². The van der Waals surface area contributed by atoms with Crippen molar-refractivity contribution in [3.05, 3.63) is 88.3 Å². The molecule has 0 atom stereocenters. The lowest BCUT2D eigenvalue weighted by atomic mass is 10.1. The molecule has 2 aromatic carbocycles. The van der Waals surface area contributed by atoms with Crippen LogP contribution in [-0.2, 0) is 0 Å². The number of rotatable bonds is 4. The Kier molecular flexibility index (Phi) is 4.82. The van der Waals surface area contributed by atoms with Crippen molar-refractivity contribution in [3.8, 4) is 11.4 Å². The number of pyridine rings is 1. The van der Waals surface area contributed by atoms with Crippen molar-refractivity contribution in [1.82, 2.24) is 15.0 Å². The summed E-state index contributed by atoms with van der Waals surface area (Å²) in [5.41, 5.74) is -0.438. The van der Waals surface area contributed by atoms with Gasteiger partial charge in [0.25, 0.3) is 17.9 Å². The highest BCUT2D eigenvalue weighted by Gasteiger charge is 2.19. The molecule has 0 aliphatic carbocycles. The van der Waals surface area contributed by atoms with Crippen LogP contribution in [0.25, 0.3) is 22.3 Å². The summed E-state index contributed by atoms with van der Waals surface area (Å²) in [5.74, 6) is -0.209. The zero-order valence-electron chi connectivity index (χ0n) is 14.9. The molecule has 0 saturated heterocycles. The average molecular weight is 392 g/mol. The van der Waals surface area contributed by atoms with Gasteiger partial charge < -0.3 is 10.3 Å². The Hall–Kier alpha value is -3.94. The fourth-order valence-corrected chi connectivity index (χ4v) is 3.00. The van der Waals surface area contributed by atoms with Gasteiger partial charge in [-0.15, -0.1) is 0 Å². The zero-order chi connectivity index (χ0) is 20.4. The predicted molar refractivity (Wildman–Crippen MR) is 105 cm³/mol. The number of aromatic nitrogens is 3. The predicted octanol–water partition coefficient (Wildman–Crippen LogP) is 4.18. The molecule has 2 aromatic heterocycles. The lowest BCUT2D eigenvalue weighted by Crippen LogP contribution is -2.17. The van der Waals surface area contributed by atoms with Crippen molar-refractivity contribution in [3.63, 3.8) is 0 Å². The van der Waals surface area contributed by atoms with E-state index < -0.39 is 17.9 Å². The summed E-state index contributed by atoms with van der Waals surface area (Å²) in [6, 6.07) is 15.4. The number of benzene rings is 2. The molecule has 0 aliphatic rings. The van der Waals surface area contributed by atoms with E-state index in [4.69, 9.17) is 0 Å². The van der Waals surface area contributed by atoms with Crippen LogP contribution in [0.3, 0.4) is 0 Å². The third-order valence-corrected chi connectivity index (χ3v) is 4.34. The highest BCUT2D eigenvalue weighted by molar-refractivity contribution is 6.11. The van der Waals surface area contributed by atoms with Crippen LogP contribution in [0.4, 0.5) is 14.6 Å². The van der Waals surface area contributed by atoms with Gasteiger partial charge in [0.15, 0.2) is 0 Å². The van der Waals surface area contributed by atoms with Crippen LogP contribution in [0.1, 0.15) is 22.3 Å². The number of fused-ring (bicyclic) bond motifs is 1. The van der Waals surface area contributed by atoms with E-state index in [0.717, 1.165) is 0 Å². The number of para-hydroxylation sites is 1. The smallest absolute Gasteiger partial charge is 0.264 e. The van der Waals surface area contributed by atoms with Gasteiger partial charge in [0.2, 0.25) is 0 Å². The molecule has 2 heterocycles. The Morgan fingerprint density at radius 2 is 1.79 bits per heavy atom. The number of alkyl halides is 2. The first-order chi connectivity index (χ1) is 14.0. The maximum atomic E-state index is 13.4. The second kappa shape index (κ2) is 7.59. The van der Waals surface area contributed by atoms with E-state index in [1.807, 2.05) is 0 Å². The van der Waals surface area contributed by atoms with Crippen LogP contribution in [0.2, 0.25) is 0 Å². The molecule has 6 nitrogen and oxygen atoms in total. The highest BCUT2D eigenvalue weighted by atomic mass is 19.3. The molecule has 8 heteroatoms. The van der Waals surface area contributed by atoms with Gasteiger partial charge >= 0.3 is 0 Å². The fraction of sp³-hybridized carbons (Fsp3) is 0.0476. The third kappa shape index (κ3) is 3.60. The van der Waals surface area contributed by atoms with E-state index >= 15 is 0 Å². The van der Waals surface area contributed by atoms with E-state index in [-0.39, 0.29) is 33.4 Å². The largest absolute Gasteiger partial charge is 0.306 e. The van der Waals surface area contributed by atoms with Gasteiger partial charge in [-0.3, -0.25) is 9.59 Å². The lowest BCUT2D eigenvalue weighted by molar-refractivity contribution is 0.102. The maximum absolute atomic E-state index is 13.4. The fourth-order valence-electron chi connectivity index (χ4n) is 3.00. The van der Waals surface area contributed by atoms with E-state index in [9.17, 15) is 18.4 Å². The normalized spacial score (nSPS) is 11.0. The molecular weight excluding hydrogens is 378 g/mol. The van der Waals surface area contributed by atoms with Crippen LogP contribution in [0.15, 0.2) is 71.7 Å². The number of hydrogen-bond acceptors (Lipinski definition) is 4. The molecule has 0 aliphatic heterocycles. The van der Waals surface area contributed by atoms with Gasteiger partial charge in [-0.2, -0.15) is 0 Å². The number of hydrogen-bond donors (Lipinski definition) is 2. The Morgan fingerprint density at radius 1 is 1.00 bits per heavy atom. The van der Waals surface area contributed by atoms with Crippen LogP contribution >= 0.6 is 0 Å². The number of amides is 1. The molecule has 144 valence electrons. The van der Waals surface area contributed by atoms with Crippen molar-refractivity contribution in [1.29, 1.82) is 0 Å². The summed E-state index contributed by atoms with van der Waals surface area (Å²) in [4.78, 5) is 36.2. The Morgan fingerprint density at radius 3 is 2.55 bits per heavy atom. The van der Waals surface area contributed by atoms with Gasteiger partial charge in [-0.25, -0.2) is 18.7 Å². The number of H-pyrrole nitrogens is 1. The van der Waals surface area contributed by atoms with Crippen LogP contribution in [0.5, 0.6) is 0 Å². The first kappa shape index (κ1) is 18.4. The van der Waals surface area contributed by atoms with Crippen molar-refractivity contribution in [2.24, 2.45) is 0 Å². The van der Waals surface area contributed by atoms with Crippen LogP contribution in [0, 0.1) is 0 Å². The van der Waals surface area contributed by atoms with Gasteiger partial charge in [0, 0.05) is 17.3 Å². The Bertz CT molecular complexity index is 1260. The summed E-state index contributed by atoms with van der Waals surface area (Å²) in [7, 11) is 0. The number of aromatic amines is 1. The monoisotopic (exact) mass is 392 g/mol. The van der Waals surface area contributed by atoms with Crippen molar-refractivity contribution in [2.75, 3.05) is 5.32 Å². The van der Waals surface area contributed by atoms with E-state index in [0.29, 0.717) is 5.82 Å². The number of nitrogens with one attached hydrogen (secondary N) is 2. The molecule has 1 amide bonds. The maximum Gasteiger partial charge on any atom is 0.264 e. The highest BCUT2D eigenvalue weighted by Crippen LogP contribution is 2.29. The number of carbonyl (C=O) groups excluding carboxylic acids is 1. The third-order valence-electron chi connectivity index (χ3n) is 4.34. The molecule has 0 unspecified atom stereocenters. The summed E-state index contributed by atoms with van der Waals surface area (Å²) in [5, 5.41) is 2.81. The topological polar surface area (TPSA) is 87.7 Å². The summed E-state index contributed by atoms with van der Waals surface area (Å²) < 4.78 is 26.8. The second-order valence-electron chi connectivity index (χ2n) is 6.17. The van der Waals surface area contributed by atoms with Crippen molar-refractivity contribution < 1.29 is 13.6 Å². The van der Waals surface area contributed by atoms with Gasteiger partial charge in [0.1, 0.15) is 11.6 Å². The van der Waals surface area contributed by atoms with Gasteiger partial charge in [0.05, 0.1) is 16.5 Å². The first-order valence-electron chi connectivity index (χ1n) is 8.67. The Labute approximate surface area is 163 Å². The first-order valence-corrected chi connectivity index (χ1v) is 8.67. The molecule has 0 saturated carbocycles. The molecule has 2 N–H and O–H groups in total. The van der Waals surface area contributed by atoms with Crippen LogP contribution in [-0.4, -0.2) is 20.9 Å². The van der Waals surface area contributed by atoms with Gasteiger partial charge in [-0.05, 0) is 24.3 Å². The van der Waals surface area contributed by atoms with E-state index in [2.05, 4.69) is 20.3 Å². The number of anilines is 1. The van der Waals surface area contributed by atoms with E-state index in [1.54, 1.807) is 30.3 Å². The molecule has 29 heavy (non-hydrogen) atoms. The molecular formula is C21H14F2N4O2. The molecule has 0 spiro atoms. The minimum absolute atomic E-state index is 0.0310. The molecule has 0 radical (unpaired) electrons. The number of halogens is 2. The summed E-state index contributed by atoms with van der Waals surface area (Å²) in [6.45, 7) is 0. The SMILES string of the molecule is O=C(Nc1ccccn1)c1cccc2c(=O)[nH]c(-c3ccccc3C(F)F)nc12. The number of carbonyl (C=O) groups is 1. The minimum atomic E-state index is -2.74. The molecule has 0 bridgehead atoms. The molecule has 4 rings (SSSR count). The van der Waals surface area contributed by atoms with Gasteiger partial charge in [-0.1, -0.05) is 36.4 Å². The standard InChI is InChI=1S/C21H14F2N4O2/c22-18(23)12-6-1-2-7-13(12)19-26-17-14(8-5-9-15(17)21(29)27-19)20(28)25-16-10-3-4-11-24-16/h1-11,18H,(H,24,25,28)(H,26,27,29). The zero-order valence-corrected chi connectivity index (χ0v) is 14.9. The molecule has 0 fully saturated rings. The van der Waals surface area contributed by atoms with Crippen molar-refractivity contribution >= 4 is 22.6 Å². The second-order valence-corrected chi connectivity index (χ2v) is 6.17. The Balaban J connectivity index is 1.86. The lowest BCUT2D eigenvalue weighted by Gasteiger charge is -2.11. The minimum Gasteiger partial charge on any atom is -0.306 e. The summed E-state index contributed by atoms with van der Waals surface area (Å²) >= 11 is 0. The van der Waals surface area contributed by atoms with Crippen molar-refractivity contribution in [2.45, 2.75) is 6.43 Å². The quantitative estimate of drug-likeness (QED) is 0.546. The summed E-state index contributed by atoms with van der Waals surface area (Å²) in [6.07, 6.45) is -1.21.